The first-order valence-electron chi connectivity index (χ1n) is 11.0. The van der Waals surface area contributed by atoms with Gasteiger partial charge in [-0.15, -0.1) is 0 Å². The maximum absolute atomic E-state index is 13.2. The van der Waals surface area contributed by atoms with E-state index in [1.165, 1.54) is 0 Å². The standard InChI is InChI=1S/C26H29NO6/c1-3-12-31-22-10-7-20(15-24(22)29-2)16-27(17-21-5-4-13-30-21)26(28)11-8-19-6-9-23-25(14-19)33-18-32-23/h3,6-11,14-15,21H,1,4-5,12-13,16-18H2,2H3/b11-8+/t21-/m1/s1. The summed E-state index contributed by atoms with van der Waals surface area (Å²) in [7, 11) is 1.60. The largest absolute Gasteiger partial charge is 0.493 e. The number of ether oxygens (including phenoxy) is 5. The van der Waals surface area contributed by atoms with Crippen molar-refractivity contribution in [2.24, 2.45) is 0 Å². The van der Waals surface area contributed by atoms with Gasteiger partial charge in [-0.2, -0.15) is 0 Å². The summed E-state index contributed by atoms with van der Waals surface area (Å²) in [5.74, 6) is 2.57. The van der Waals surface area contributed by atoms with Gasteiger partial charge in [-0.3, -0.25) is 4.79 Å². The lowest BCUT2D eigenvalue weighted by molar-refractivity contribution is -0.128. The van der Waals surface area contributed by atoms with E-state index in [0.29, 0.717) is 42.7 Å². The molecule has 0 saturated carbocycles. The average Bonchev–Trinajstić information content (AvgIpc) is 3.52. The van der Waals surface area contributed by atoms with E-state index in [1.54, 1.807) is 30.2 Å². The molecule has 1 saturated heterocycles. The van der Waals surface area contributed by atoms with Crippen molar-refractivity contribution < 1.29 is 28.5 Å². The van der Waals surface area contributed by atoms with Gasteiger partial charge < -0.3 is 28.6 Å². The second-order valence-corrected chi connectivity index (χ2v) is 7.88. The van der Waals surface area contributed by atoms with Crippen molar-refractivity contribution in [3.8, 4) is 23.0 Å². The number of rotatable bonds is 10. The Morgan fingerprint density at radius 1 is 1.18 bits per heavy atom. The summed E-state index contributed by atoms with van der Waals surface area (Å²) in [6.45, 7) is 5.98. The van der Waals surface area contributed by atoms with Crippen LogP contribution >= 0.6 is 0 Å². The van der Waals surface area contributed by atoms with Crippen LogP contribution in [0.4, 0.5) is 0 Å². The van der Waals surface area contributed by atoms with Crippen molar-refractivity contribution in [1.29, 1.82) is 0 Å². The molecule has 7 nitrogen and oxygen atoms in total. The van der Waals surface area contributed by atoms with E-state index in [9.17, 15) is 4.79 Å². The number of benzene rings is 2. The van der Waals surface area contributed by atoms with Crippen LogP contribution in [-0.2, 0) is 16.1 Å². The molecule has 33 heavy (non-hydrogen) atoms. The molecule has 0 aliphatic carbocycles. The SMILES string of the molecule is C=CCOc1ccc(CN(C[C@H]2CCCO2)C(=O)/C=C/c2ccc3c(c2)OCO3)cc1OC. The quantitative estimate of drug-likeness (QED) is 0.398. The average molecular weight is 452 g/mol. The van der Waals surface area contributed by atoms with Gasteiger partial charge in [0.15, 0.2) is 23.0 Å². The molecule has 0 N–H and O–H groups in total. The van der Waals surface area contributed by atoms with Crippen LogP contribution in [0.5, 0.6) is 23.0 Å². The van der Waals surface area contributed by atoms with E-state index in [0.717, 1.165) is 30.6 Å². The summed E-state index contributed by atoms with van der Waals surface area (Å²) in [5, 5.41) is 0. The highest BCUT2D eigenvalue weighted by Gasteiger charge is 2.22. The Balaban J connectivity index is 1.49. The number of nitrogens with zero attached hydrogens (tertiary/aromatic N) is 1. The Bertz CT molecular complexity index is 1010. The minimum Gasteiger partial charge on any atom is -0.493 e. The molecule has 2 aromatic carbocycles. The normalized spacial score (nSPS) is 16.7. The molecule has 0 bridgehead atoms. The van der Waals surface area contributed by atoms with Crippen LogP contribution in [0.3, 0.4) is 0 Å². The fraction of sp³-hybridized carbons (Fsp3) is 0.346. The number of methoxy groups -OCH3 is 1. The van der Waals surface area contributed by atoms with Crippen molar-refractivity contribution >= 4 is 12.0 Å². The van der Waals surface area contributed by atoms with Gasteiger partial charge in [-0.25, -0.2) is 0 Å². The molecule has 0 aromatic heterocycles. The van der Waals surface area contributed by atoms with Gasteiger partial charge in [0, 0.05) is 25.8 Å². The van der Waals surface area contributed by atoms with Crippen LogP contribution in [-0.4, -0.2) is 50.6 Å². The van der Waals surface area contributed by atoms with Crippen LogP contribution in [0.15, 0.2) is 55.1 Å². The zero-order valence-corrected chi connectivity index (χ0v) is 18.8. The molecule has 2 aliphatic heterocycles. The minimum atomic E-state index is -0.0888. The number of fused-ring (bicyclic) bond motifs is 1. The Morgan fingerprint density at radius 3 is 2.85 bits per heavy atom. The smallest absolute Gasteiger partial charge is 0.246 e. The summed E-state index contributed by atoms with van der Waals surface area (Å²) in [4.78, 5) is 15.0. The molecule has 4 rings (SSSR count). The van der Waals surface area contributed by atoms with Gasteiger partial charge in [0.2, 0.25) is 12.7 Å². The third-order valence-corrected chi connectivity index (χ3v) is 5.53. The number of carbonyl (C=O) groups is 1. The van der Waals surface area contributed by atoms with Crippen molar-refractivity contribution in [2.45, 2.75) is 25.5 Å². The topological polar surface area (TPSA) is 66.5 Å². The number of amides is 1. The van der Waals surface area contributed by atoms with E-state index in [1.807, 2.05) is 36.4 Å². The molecule has 1 atom stereocenters. The first kappa shape index (κ1) is 22.7. The highest BCUT2D eigenvalue weighted by molar-refractivity contribution is 5.92. The maximum Gasteiger partial charge on any atom is 0.246 e. The molecule has 2 aromatic rings. The summed E-state index contributed by atoms with van der Waals surface area (Å²) in [5.41, 5.74) is 1.82. The summed E-state index contributed by atoms with van der Waals surface area (Å²) in [6, 6.07) is 11.3. The monoisotopic (exact) mass is 451 g/mol. The maximum atomic E-state index is 13.2. The van der Waals surface area contributed by atoms with Crippen molar-refractivity contribution in [1.82, 2.24) is 4.90 Å². The number of hydrogen-bond acceptors (Lipinski definition) is 6. The zero-order chi connectivity index (χ0) is 23.0. The third-order valence-electron chi connectivity index (χ3n) is 5.53. The number of carbonyl (C=O) groups excluding carboxylic acids is 1. The highest BCUT2D eigenvalue weighted by atomic mass is 16.7. The van der Waals surface area contributed by atoms with Gasteiger partial charge in [0.05, 0.1) is 13.2 Å². The van der Waals surface area contributed by atoms with Crippen molar-refractivity contribution in [3.05, 3.63) is 66.3 Å². The summed E-state index contributed by atoms with van der Waals surface area (Å²) >= 11 is 0. The Labute approximate surface area is 194 Å². The first-order chi connectivity index (χ1) is 16.2. The Morgan fingerprint density at radius 2 is 2.06 bits per heavy atom. The lowest BCUT2D eigenvalue weighted by atomic mass is 10.1. The molecular formula is C26H29NO6. The molecule has 1 amide bonds. The van der Waals surface area contributed by atoms with Crippen molar-refractivity contribution in [2.75, 3.05) is 33.7 Å². The predicted octanol–water partition coefficient (Wildman–Crippen LogP) is 4.21. The fourth-order valence-corrected chi connectivity index (χ4v) is 3.85. The minimum absolute atomic E-state index is 0.0463. The summed E-state index contributed by atoms with van der Waals surface area (Å²) in [6.07, 6.45) is 7.08. The molecular weight excluding hydrogens is 422 g/mol. The van der Waals surface area contributed by atoms with Gasteiger partial charge in [-0.1, -0.05) is 24.8 Å². The molecule has 7 heteroatoms. The predicted molar refractivity (Wildman–Crippen MR) is 125 cm³/mol. The molecule has 0 radical (unpaired) electrons. The fourth-order valence-electron chi connectivity index (χ4n) is 3.85. The van der Waals surface area contributed by atoms with Crippen LogP contribution < -0.4 is 18.9 Å². The van der Waals surface area contributed by atoms with Gasteiger partial charge >= 0.3 is 0 Å². The summed E-state index contributed by atoms with van der Waals surface area (Å²) < 4.78 is 27.7. The molecule has 0 spiro atoms. The van der Waals surface area contributed by atoms with E-state index in [-0.39, 0.29) is 18.8 Å². The van der Waals surface area contributed by atoms with E-state index in [4.69, 9.17) is 23.7 Å². The molecule has 0 unspecified atom stereocenters. The first-order valence-corrected chi connectivity index (χ1v) is 11.0. The van der Waals surface area contributed by atoms with Crippen LogP contribution in [0.2, 0.25) is 0 Å². The number of hydrogen-bond donors (Lipinski definition) is 0. The van der Waals surface area contributed by atoms with Gasteiger partial charge in [-0.05, 0) is 54.3 Å². The molecule has 174 valence electrons. The van der Waals surface area contributed by atoms with Gasteiger partial charge in [0.1, 0.15) is 6.61 Å². The van der Waals surface area contributed by atoms with E-state index >= 15 is 0 Å². The second-order valence-electron chi connectivity index (χ2n) is 7.88. The third kappa shape index (κ3) is 5.87. The molecule has 2 aliphatic rings. The van der Waals surface area contributed by atoms with Crippen LogP contribution in [0, 0.1) is 0 Å². The lowest BCUT2D eigenvalue weighted by Gasteiger charge is -2.25. The van der Waals surface area contributed by atoms with Gasteiger partial charge in [0.25, 0.3) is 0 Å². The zero-order valence-electron chi connectivity index (χ0n) is 18.8. The van der Waals surface area contributed by atoms with Crippen LogP contribution in [0.1, 0.15) is 24.0 Å². The molecule has 2 heterocycles. The lowest BCUT2D eigenvalue weighted by Crippen LogP contribution is -2.35. The van der Waals surface area contributed by atoms with Crippen molar-refractivity contribution in [3.63, 3.8) is 0 Å². The van der Waals surface area contributed by atoms with E-state index in [2.05, 4.69) is 6.58 Å². The molecule has 1 fully saturated rings. The Kier molecular flexibility index (Phi) is 7.52. The van der Waals surface area contributed by atoms with Crippen LogP contribution in [0.25, 0.3) is 6.08 Å². The highest BCUT2D eigenvalue weighted by Crippen LogP contribution is 2.33. The van der Waals surface area contributed by atoms with E-state index < -0.39 is 0 Å². The Hall–Kier alpha value is -3.45. The second kappa shape index (κ2) is 10.9.